The van der Waals surface area contributed by atoms with Gasteiger partial charge in [0, 0.05) is 18.0 Å². The summed E-state index contributed by atoms with van der Waals surface area (Å²) in [6.45, 7) is 7.53. The molecule has 0 bridgehead atoms. The van der Waals surface area contributed by atoms with Crippen LogP contribution in [0.25, 0.3) is 0 Å². The van der Waals surface area contributed by atoms with Crippen molar-refractivity contribution in [2.75, 3.05) is 18.5 Å². The Hall–Kier alpha value is -0.870. The number of aromatic nitrogens is 2. The molecule has 2 rings (SSSR count). The Bertz CT molecular complexity index is 445. The van der Waals surface area contributed by atoms with E-state index in [1.807, 2.05) is 6.92 Å². The fraction of sp³-hybridized carbons (Fsp3) is 0.733. The Balaban J connectivity index is 1.87. The average Bonchev–Trinajstić information content (AvgIpc) is 2.92. The van der Waals surface area contributed by atoms with Crippen LogP contribution in [0.3, 0.4) is 0 Å². The van der Waals surface area contributed by atoms with Crippen LogP contribution < -0.4 is 5.32 Å². The van der Waals surface area contributed by atoms with Crippen molar-refractivity contribution in [3.05, 3.63) is 16.5 Å². The van der Waals surface area contributed by atoms with Gasteiger partial charge in [-0.25, -0.2) is 9.97 Å². The number of hydrogen-bond acceptors (Lipinski definition) is 4. The highest BCUT2D eigenvalue weighted by atomic mass is 35.5. The smallest absolute Gasteiger partial charge is 0.137 e. The van der Waals surface area contributed by atoms with Crippen LogP contribution in [0.15, 0.2) is 0 Å². The molecule has 1 heterocycles. The molecule has 1 aromatic rings. The predicted octanol–water partition coefficient (Wildman–Crippen LogP) is 3.93. The minimum atomic E-state index is 0.267. The first-order valence-electron chi connectivity index (χ1n) is 7.47. The summed E-state index contributed by atoms with van der Waals surface area (Å²) in [7, 11) is 0. The summed E-state index contributed by atoms with van der Waals surface area (Å²) < 4.78 is 5.83. The highest BCUT2D eigenvalue weighted by Crippen LogP contribution is 2.23. The molecule has 0 atom stereocenters. The molecule has 5 heteroatoms. The van der Waals surface area contributed by atoms with E-state index in [0.29, 0.717) is 17.9 Å². The van der Waals surface area contributed by atoms with Gasteiger partial charge in [-0.1, -0.05) is 38.3 Å². The maximum absolute atomic E-state index is 6.16. The Morgan fingerprint density at radius 2 is 2.00 bits per heavy atom. The van der Waals surface area contributed by atoms with Crippen molar-refractivity contribution in [1.29, 1.82) is 0 Å². The molecule has 0 amide bonds. The van der Waals surface area contributed by atoms with Crippen molar-refractivity contribution < 1.29 is 4.74 Å². The van der Waals surface area contributed by atoms with Crippen LogP contribution in [0.1, 0.15) is 56.8 Å². The van der Waals surface area contributed by atoms with Crippen LogP contribution in [0.4, 0.5) is 5.82 Å². The summed E-state index contributed by atoms with van der Waals surface area (Å²) in [6, 6.07) is 0. The average molecular weight is 298 g/mol. The quantitative estimate of drug-likeness (QED) is 0.638. The molecule has 1 aliphatic rings. The third-order valence-corrected chi connectivity index (χ3v) is 4.04. The molecule has 1 saturated carbocycles. The summed E-state index contributed by atoms with van der Waals surface area (Å²) in [4.78, 5) is 8.85. The summed E-state index contributed by atoms with van der Waals surface area (Å²) in [5, 5.41) is 3.84. The van der Waals surface area contributed by atoms with E-state index in [9.17, 15) is 0 Å². The second kappa shape index (κ2) is 7.23. The molecule has 0 unspecified atom stereocenters. The van der Waals surface area contributed by atoms with Crippen molar-refractivity contribution in [2.45, 2.75) is 58.5 Å². The van der Waals surface area contributed by atoms with Gasteiger partial charge < -0.3 is 10.1 Å². The number of nitrogens with zero attached hydrogens (tertiary/aromatic N) is 2. The second-order valence-corrected chi connectivity index (χ2v) is 6.06. The third-order valence-electron chi connectivity index (χ3n) is 3.67. The lowest BCUT2D eigenvalue weighted by Gasteiger charge is -2.14. The van der Waals surface area contributed by atoms with Gasteiger partial charge >= 0.3 is 0 Å². The van der Waals surface area contributed by atoms with E-state index in [2.05, 4.69) is 29.1 Å². The molecule has 1 aromatic heterocycles. The van der Waals surface area contributed by atoms with Gasteiger partial charge in [0.15, 0.2) is 0 Å². The van der Waals surface area contributed by atoms with Gasteiger partial charge in [0.2, 0.25) is 0 Å². The zero-order chi connectivity index (χ0) is 14.5. The fourth-order valence-corrected chi connectivity index (χ4v) is 2.56. The van der Waals surface area contributed by atoms with Gasteiger partial charge in [-0.05, 0) is 19.8 Å². The predicted molar refractivity (Wildman–Crippen MR) is 82.6 cm³/mol. The number of halogens is 1. The molecule has 0 aliphatic heterocycles. The number of rotatable bonds is 6. The Kier molecular flexibility index (Phi) is 5.61. The van der Waals surface area contributed by atoms with Gasteiger partial charge in [0.05, 0.1) is 12.7 Å². The van der Waals surface area contributed by atoms with Crippen LogP contribution in [-0.4, -0.2) is 29.2 Å². The van der Waals surface area contributed by atoms with E-state index in [1.165, 1.54) is 25.7 Å². The second-order valence-electron chi connectivity index (χ2n) is 5.70. The molecule has 20 heavy (non-hydrogen) atoms. The molecule has 0 aromatic carbocycles. The van der Waals surface area contributed by atoms with E-state index in [-0.39, 0.29) is 5.92 Å². The minimum Gasteiger partial charge on any atom is -0.376 e. The molecular weight excluding hydrogens is 274 g/mol. The maximum atomic E-state index is 6.16. The number of anilines is 1. The van der Waals surface area contributed by atoms with Crippen LogP contribution in [-0.2, 0) is 4.74 Å². The summed E-state index contributed by atoms with van der Waals surface area (Å²) in [6.07, 6.45) is 5.47. The van der Waals surface area contributed by atoms with E-state index in [0.717, 1.165) is 23.8 Å². The van der Waals surface area contributed by atoms with E-state index >= 15 is 0 Å². The molecule has 0 radical (unpaired) electrons. The topological polar surface area (TPSA) is 47.0 Å². The largest absolute Gasteiger partial charge is 0.376 e. The van der Waals surface area contributed by atoms with Gasteiger partial charge in [-0.3, -0.25) is 0 Å². The SMILES string of the molecule is Cc1c(Cl)nc(C(C)C)nc1NCCOC1CCCC1. The Labute approximate surface area is 126 Å². The van der Waals surface area contributed by atoms with Gasteiger partial charge in [-0.2, -0.15) is 0 Å². The van der Waals surface area contributed by atoms with E-state index < -0.39 is 0 Å². The molecule has 1 aliphatic carbocycles. The van der Waals surface area contributed by atoms with Crippen molar-refractivity contribution in [3.63, 3.8) is 0 Å². The fourth-order valence-electron chi connectivity index (χ4n) is 2.39. The van der Waals surface area contributed by atoms with E-state index in [1.54, 1.807) is 0 Å². The summed E-state index contributed by atoms with van der Waals surface area (Å²) >= 11 is 6.16. The van der Waals surface area contributed by atoms with Crippen molar-refractivity contribution in [1.82, 2.24) is 9.97 Å². The molecule has 4 nitrogen and oxygen atoms in total. The van der Waals surface area contributed by atoms with E-state index in [4.69, 9.17) is 16.3 Å². The van der Waals surface area contributed by atoms with Crippen molar-refractivity contribution in [2.24, 2.45) is 0 Å². The van der Waals surface area contributed by atoms with Gasteiger partial charge in [-0.15, -0.1) is 0 Å². The maximum Gasteiger partial charge on any atom is 0.137 e. The normalized spacial score (nSPS) is 16.1. The molecule has 112 valence electrons. The minimum absolute atomic E-state index is 0.267. The van der Waals surface area contributed by atoms with Crippen LogP contribution >= 0.6 is 11.6 Å². The van der Waals surface area contributed by atoms with Crippen LogP contribution in [0.5, 0.6) is 0 Å². The first kappa shape index (κ1) is 15.5. The molecular formula is C15H24ClN3O. The first-order chi connectivity index (χ1) is 9.58. The monoisotopic (exact) mass is 297 g/mol. The number of ether oxygens (including phenoxy) is 1. The standard InChI is InChI=1S/C15H24ClN3O/c1-10(2)14-18-13(16)11(3)15(19-14)17-8-9-20-12-6-4-5-7-12/h10,12H,4-9H2,1-3H3,(H,17,18,19). The molecule has 0 spiro atoms. The lowest BCUT2D eigenvalue weighted by Crippen LogP contribution is -2.17. The van der Waals surface area contributed by atoms with Crippen molar-refractivity contribution >= 4 is 17.4 Å². The molecule has 0 saturated heterocycles. The zero-order valence-corrected chi connectivity index (χ0v) is 13.3. The number of nitrogens with one attached hydrogen (secondary N) is 1. The van der Waals surface area contributed by atoms with Gasteiger partial charge in [0.25, 0.3) is 0 Å². The third kappa shape index (κ3) is 4.06. The highest BCUT2D eigenvalue weighted by molar-refractivity contribution is 6.30. The highest BCUT2D eigenvalue weighted by Gasteiger charge is 2.15. The molecule has 1 N–H and O–H groups in total. The first-order valence-corrected chi connectivity index (χ1v) is 7.85. The summed E-state index contributed by atoms with van der Waals surface area (Å²) in [5.74, 6) is 1.87. The Morgan fingerprint density at radius 1 is 1.30 bits per heavy atom. The van der Waals surface area contributed by atoms with Gasteiger partial charge in [0.1, 0.15) is 16.8 Å². The van der Waals surface area contributed by atoms with Crippen LogP contribution in [0, 0.1) is 6.92 Å². The zero-order valence-electron chi connectivity index (χ0n) is 12.6. The van der Waals surface area contributed by atoms with Crippen molar-refractivity contribution in [3.8, 4) is 0 Å². The number of hydrogen-bond donors (Lipinski definition) is 1. The van der Waals surface area contributed by atoms with Crippen LogP contribution in [0.2, 0.25) is 5.15 Å². The summed E-state index contributed by atoms with van der Waals surface area (Å²) in [5.41, 5.74) is 0.900. The lowest BCUT2D eigenvalue weighted by atomic mass is 10.2. The lowest BCUT2D eigenvalue weighted by molar-refractivity contribution is 0.0658. The molecule has 1 fully saturated rings. The Morgan fingerprint density at radius 3 is 2.65 bits per heavy atom.